The number of amides is 1. The van der Waals surface area contributed by atoms with Gasteiger partial charge in [0.1, 0.15) is 0 Å². The van der Waals surface area contributed by atoms with Gasteiger partial charge in [-0.3, -0.25) is 9.36 Å². The van der Waals surface area contributed by atoms with Crippen LogP contribution in [-0.2, 0) is 0 Å². The molecule has 0 unspecified atom stereocenters. The number of nitrogens with two attached hydrogens (primary N) is 1. The molecule has 4 heteroatoms. The van der Waals surface area contributed by atoms with Crippen molar-refractivity contribution in [3.05, 3.63) is 84.7 Å². The molecular formula is C20H15N3O. The molecule has 0 aliphatic carbocycles. The zero-order valence-corrected chi connectivity index (χ0v) is 12.9. The first kappa shape index (κ1) is 14.2. The number of rotatable bonds is 3. The maximum Gasteiger partial charge on any atom is 0.285 e. The third kappa shape index (κ3) is 2.34. The van der Waals surface area contributed by atoms with Crippen LogP contribution < -0.4 is 5.73 Å². The summed E-state index contributed by atoms with van der Waals surface area (Å²) in [6.45, 7) is 0. The average Bonchev–Trinajstić information content (AvgIpc) is 3.02. The Hall–Kier alpha value is -3.40. The van der Waals surface area contributed by atoms with E-state index in [2.05, 4.69) is 17.1 Å². The quantitative estimate of drug-likeness (QED) is 0.625. The Morgan fingerprint density at radius 3 is 2.33 bits per heavy atom. The van der Waals surface area contributed by atoms with Crippen molar-refractivity contribution in [3.63, 3.8) is 0 Å². The van der Waals surface area contributed by atoms with E-state index in [0.717, 1.165) is 27.8 Å². The second kappa shape index (κ2) is 5.66. The van der Waals surface area contributed by atoms with E-state index >= 15 is 0 Å². The van der Waals surface area contributed by atoms with Crippen molar-refractivity contribution in [3.8, 4) is 16.8 Å². The van der Waals surface area contributed by atoms with Crippen molar-refractivity contribution in [1.82, 2.24) is 9.55 Å². The number of aromatic nitrogens is 2. The van der Waals surface area contributed by atoms with Crippen molar-refractivity contribution >= 4 is 16.9 Å². The monoisotopic (exact) mass is 313 g/mol. The zero-order chi connectivity index (χ0) is 16.5. The summed E-state index contributed by atoms with van der Waals surface area (Å²) in [6, 6.07) is 25.7. The summed E-state index contributed by atoms with van der Waals surface area (Å²) in [4.78, 5) is 16.2. The first-order valence-corrected chi connectivity index (χ1v) is 7.67. The minimum Gasteiger partial charge on any atom is -0.363 e. The molecule has 1 aromatic heterocycles. The number of carbonyl (C=O) groups is 1. The molecule has 3 aromatic carbocycles. The van der Waals surface area contributed by atoms with E-state index < -0.39 is 5.91 Å². The van der Waals surface area contributed by atoms with Crippen LogP contribution in [0.5, 0.6) is 0 Å². The molecule has 1 heterocycles. The van der Waals surface area contributed by atoms with Gasteiger partial charge in [0.05, 0.1) is 11.0 Å². The highest BCUT2D eigenvalue weighted by Crippen LogP contribution is 2.26. The second-order valence-electron chi connectivity index (χ2n) is 5.54. The van der Waals surface area contributed by atoms with Crippen LogP contribution in [0, 0.1) is 0 Å². The molecular weight excluding hydrogens is 298 g/mol. The van der Waals surface area contributed by atoms with Crippen LogP contribution in [0.3, 0.4) is 0 Å². The molecule has 0 bridgehead atoms. The van der Waals surface area contributed by atoms with Gasteiger partial charge in [-0.05, 0) is 35.4 Å². The molecule has 116 valence electrons. The maximum absolute atomic E-state index is 11.9. The van der Waals surface area contributed by atoms with Crippen LogP contribution in [0.4, 0.5) is 0 Å². The lowest BCUT2D eigenvalue weighted by molar-refractivity contribution is 0.0989. The summed E-state index contributed by atoms with van der Waals surface area (Å²) < 4.78 is 1.81. The number of hydrogen-bond acceptors (Lipinski definition) is 2. The van der Waals surface area contributed by atoms with Gasteiger partial charge >= 0.3 is 0 Å². The first-order valence-electron chi connectivity index (χ1n) is 7.67. The molecule has 0 fully saturated rings. The molecule has 0 atom stereocenters. The van der Waals surface area contributed by atoms with Crippen molar-refractivity contribution in [2.45, 2.75) is 0 Å². The number of hydrogen-bond donors (Lipinski definition) is 1. The largest absolute Gasteiger partial charge is 0.363 e. The van der Waals surface area contributed by atoms with Gasteiger partial charge in [-0.1, -0.05) is 54.6 Å². The molecule has 2 N–H and O–H groups in total. The zero-order valence-electron chi connectivity index (χ0n) is 12.9. The number of imidazole rings is 1. The molecule has 0 spiro atoms. The van der Waals surface area contributed by atoms with E-state index in [-0.39, 0.29) is 5.82 Å². The van der Waals surface area contributed by atoms with Crippen LogP contribution in [0.1, 0.15) is 10.6 Å². The third-order valence-electron chi connectivity index (χ3n) is 3.99. The van der Waals surface area contributed by atoms with Gasteiger partial charge in [0.25, 0.3) is 5.91 Å². The third-order valence-corrected chi connectivity index (χ3v) is 3.99. The molecule has 0 saturated carbocycles. The Morgan fingerprint density at radius 2 is 1.54 bits per heavy atom. The van der Waals surface area contributed by atoms with Gasteiger partial charge in [-0.25, -0.2) is 4.98 Å². The highest BCUT2D eigenvalue weighted by Gasteiger charge is 2.16. The van der Waals surface area contributed by atoms with Gasteiger partial charge < -0.3 is 5.73 Å². The lowest BCUT2D eigenvalue weighted by atomic mass is 10.1. The fraction of sp³-hybridized carbons (Fsp3) is 0. The van der Waals surface area contributed by atoms with Gasteiger partial charge in [0, 0.05) is 5.69 Å². The summed E-state index contributed by atoms with van der Waals surface area (Å²) in [6.07, 6.45) is 0. The molecule has 0 saturated heterocycles. The van der Waals surface area contributed by atoms with Crippen molar-refractivity contribution in [2.24, 2.45) is 5.73 Å². The number of nitrogens with zero attached hydrogens (tertiary/aromatic N) is 2. The van der Waals surface area contributed by atoms with E-state index in [9.17, 15) is 4.79 Å². The summed E-state index contributed by atoms with van der Waals surface area (Å²) in [5.41, 5.74) is 10.2. The molecule has 1 amide bonds. The maximum atomic E-state index is 11.9. The molecule has 4 rings (SSSR count). The highest BCUT2D eigenvalue weighted by molar-refractivity contribution is 5.95. The van der Waals surface area contributed by atoms with Crippen molar-refractivity contribution in [2.75, 3.05) is 0 Å². The Balaban J connectivity index is 1.95. The van der Waals surface area contributed by atoms with Gasteiger partial charge in [0.2, 0.25) is 5.82 Å². The van der Waals surface area contributed by atoms with Gasteiger partial charge in [-0.15, -0.1) is 0 Å². The SMILES string of the molecule is NC(=O)c1nc2ccccc2n1-c1cccc(-c2ccccc2)c1. The predicted octanol–water partition coefficient (Wildman–Crippen LogP) is 3.79. The molecule has 4 aromatic rings. The number of benzene rings is 3. The van der Waals surface area contributed by atoms with Gasteiger partial charge in [-0.2, -0.15) is 0 Å². The van der Waals surface area contributed by atoms with Gasteiger partial charge in [0.15, 0.2) is 0 Å². The standard InChI is InChI=1S/C20H15N3O/c21-19(24)20-22-17-11-4-5-12-18(17)23(20)16-10-6-9-15(13-16)14-7-2-1-3-8-14/h1-13H,(H2,21,24). The van der Waals surface area contributed by atoms with Crippen molar-refractivity contribution in [1.29, 1.82) is 0 Å². The minimum absolute atomic E-state index is 0.237. The summed E-state index contributed by atoms with van der Waals surface area (Å²) >= 11 is 0. The number of carbonyl (C=O) groups excluding carboxylic acids is 1. The van der Waals surface area contributed by atoms with Crippen LogP contribution in [0.2, 0.25) is 0 Å². The molecule has 0 aliphatic rings. The Morgan fingerprint density at radius 1 is 0.833 bits per heavy atom. The summed E-state index contributed by atoms with van der Waals surface area (Å²) in [7, 11) is 0. The molecule has 24 heavy (non-hydrogen) atoms. The number of fused-ring (bicyclic) bond motifs is 1. The van der Waals surface area contributed by atoms with E-state index in [1.165, 1.54) is 0 Å². The van der Waals surface area contributed by atoms with E-state index in [0.29, 0.717) is 0 Å². The van der Waals surface area contributed by atoms with Crippen molar-refractivity contribution < 1.29 is 4.79 Å². The fourth-order valence-electron chi connectivity index (χ4n) is 2.91. The van der Waals surface area contributed by atoms with E-state index in [1.807, 2.05) is 71.3 Å². The normalized spacial score (nSPS) is 10.8. The Bertz CT molecular complexity index is 1040. The molecule has 0 radical (unpaired) electrons. The fourth-order valence-corrected chi connectivity index (χ4v) is 2.91. The Kier molecular flexibility index (Phi) is 3.35. The number of primary amides is 1. The Labute approximate surface area is 139 Å². The van der Waals surface area contributed by atoms with Crippen LogP contribution in [0.15, 0.2) is 78.9 Å². The van der Waals surface area contributed by atoms with Crippen LogP contribution in [0.25, 0.3) is 27.8 Å². The lowest BCUT2D eigenvalue weighted by Crippen LogP contribution is -2.17. The molecule has 0 aliphatic heterocycles. The topological polar surface area (TPSA) is 60.9 Å². The summed E-state index contributed by atoms with van der Waals surface area (Å²) in [5.74, 6) is -0.308. The average molecular weight is 313 g/mol. The second-order valence-corrected chi connectivity index (χ2v) is 5.54. The van der Waals surface area contributed by atoms with E-state index in [1.54, 1.807) is 0 Å². The van der Waals surface area contributed by atoms with Crippen LogP contribution >= 0.6 is 0 Å². The first-order chi connectivity index (χ1) is 11.7. The highest BCUT2D eigenvalue weighted by atomic mass is 16.1. The smallest absolute Gasteiger partial charge is 0.285 e. The van der Waals surface area contributed by atoms with Crippen LogP contribution in [-0.4, -0.2) is 15.5 Å². The molecule has 4 nitrogen and oxygen atoms in total. The van der Waals surface area contributed by atoms with E-state index in [4.69, 9.17) is 5.73 Å². The predicted molar refractivity (Wildman–Crippen MR) is 95.0 cm³/mol. The summed E-state index contributed by atoms with van der Waals surface area (Å²) in [5, 5.41) is 0. The minimum atomic E-state index is -0.545. The number of para-hydroxylation sites is 2. The lowest BCUT2D eigenvalue weighted by Gasteiger charge is -2.10.